The number of aryl methyl sites for hydroxylation is 1. The lowest BCUT2D eigenvalue weighted by Crippen LogP contribution is -2.36. The normalized spacial score (nSPS) is 11.1. The average Bonchev–Trinajstić information content (AvgIpc) is 2.65. The molecule has 0 saturated heterocycles. The van der Waals surface area contributed by atoms with Crippen molar-refractivity contribution in [2.75, 3.05) is 25.1 Å². The first-order chi connectivity index (χ1) is 12.3. The molecule has 0 unspecified atom stereocenters. The number of ether oxygens (including phenoxy) is 2. The Kier molecular flexibility index (Phi) is 6.20. The zero-order chi connectivity index (χ0) is 19.3. The van der Waals surface area contributed by atoms with E-state index in [0.29, 0.717) is 0 Å². The van der Waals surface area contributed by atoms with E-state index >= 15 is 0 Å². The SMILES string of the molecule is CCc1ccc(N(CC(=O)OC)S(=O)(=O)c2ccc(OC)c(F)c2)cc1. The average molecular weight is 381 g/mol. The maximum Gasteiger partial charge on any atom is 0.326 e. The molecule has 2 aromatic rings. The largest absolute Gasteiger partial charge is 0.494 e. The van der Waals surface area contributed by atoms with E-state index in [9.17, 15) is 17.6 Å². The molecule has 0 heterocycles. The molecule has 0 radical (unpaired) electrons. The second kappa shape index (κ2) is 8.18. The van der Waals surface area contributed by atoms with E-state index in [0.717, 1.165) is 22.4 Å². The molecule has 6 nitrogen and oxygen atoms in total. The van der Waals surface area contributed by atoms with Crippen LogP contribution in [0.1, 0.15) is 12.5 Å². The number of rotatable bonds is 7. The fourth-order valence-corrected chi connectivity index (χ4v) is 3.75. The number of anilines is 1. The molecule has 0 fully saturated rings. The fraction of sp³-hybridized carbons (Fsp3) is 0.278. The second-order valence-corrected chi connectivity index (χ2v) is 7.27. The molecule has 0 saturated carbocycles. The van der Waals surface area contributed by atoms with Crippen LogP contribution in [-0.4, -0.2) is 35.2 Å². The van der Waals surface area contributed by atoms with Gasteiger partial charge in [0.2, 0.25) is 0 Å². The van der Waals surface area contributed by atoms with E-state index in [4.69, 9.17) is 4.74 Å². The van der Waals surface area contributed by atoms with Crippen LogP contribution >= 0.6 is 0 Å². The molecule has 0 amide bonds. The van der Waals surface area contributed by atoms with Crippen molar-refractivity contribution in [1.82, 2.24) is 0 Å². The zero-order valence-corrected chi connectivity index (χ0v) is 15.5. The molecule has 8 heteroatoms. The van der Waals surface area contributed by atoms with Crippen LogP contribution in [0.25, 0.3) is 0 Å². The van der Waals surface area contributed by atoms with Crippen molar-refractivity contribution in [3.8, 4) is 5.75 Å². The highest BCUT2D eigenvalue weighted by atomic mass is 32.2. The lowest BCUT2D eigenvalue weighted by molar-refractivity contribution is -0.138. The van der Waals surface area contributed by atoms with Gasteiger partial charge < -0.3 is 9.47 Å². The van der Waals surface area contributed by atoms with Crippen LogP contribution in [0.4, 0.5) is 10.1 Å². The molecule has 2 rings (SSSR count). The first-order valence-corrected chi connectivity index (χ1v) is 9.29. The Balaban J connectivity index is 2.51. The van der Waals surface area contributed by atoms with Gasteiger partial charge in [-0.05, 0) is 42.3 Å². The molecule has 0 aliphatic heterocycles. The number of carbonyl (C=O) groups is 1. The molecule has 0 bridgehead atoms. The molecule has 0 aliphatic rings. The van der Waals surface area contributed by atoms with Gasteiger partial charge in [-0.2, -0.15) is 0 Å². The number of halogens is 1. The Morgan fingerprint density at radius 2 is 1.77 bits per heavy atom. The van der Waals surface area contributed by atoms with Crippen molar-refractivity contribution in [2.45, 2.75) is 18.2 Å². The first-order valence-electron chi connectivity index (χ1n) is 7.85. The number of carbonyl (C=O) groups excluding carboxylic acids is 1. The summed E-state index contributed by atoms with van der Waals surface area (Å²) in [4.78, 5) is 11.4. The standard InChI is InChI=1S/C18H20FNO5S/c1-4-13-5-7-14(8-6-13)20(12-18(21)25-3)26(22,23)15-9-10-17(24-2)16(19)11-15/h5-11H,4,12H2,1-3H3. The number of sulfonamides is 1. The Hall–Kier alpha value is -2.61. The topological polar surface area (TPSA) is 72.9 Å². The minimum Gasteiger partial charge on any atom is -0.494 e. The fourth-order valence-electron chi connectivity index (χ4n) is 2.33. The van der Waals surface area contributed by atoms with Crippen molar-refractivity contribution in [2.24, 2.45) is 0 Å². The molecule has 0 aromatic heterocycles. The van der Waals surface area contributed by atoms with Crippen molar-refractivity contribution < 1.29 is 27.1 Å². The highest BCUT2D eigenvalue weighted by Gasteiger charge is 2.28. The predicted octanol–water partition coefficient (Wildman–Crippen LogP) is 2.77. The van der Waals surface area contributed by atoms with E-state index in [-0.39, 0.29) is 16.3 Å². The summed E-state index contributed by atoms with van der Waals surface area (Å²) in [5, 5.41) is 0. The van der Waals surface area contributed by atoms with Crippen LogP contribution in [-0.2, 0) is 26.0 Å². The Morgan fingerprint density at radius 3 is 2.27 bits per heavy atom. The Labute approximate surface area is 152 Å². The van der Waals surface area contributed by atoms with Gasteiger partial charge in [-0.15, -0.1) is 0 Å². The number of methoxy groups -OCH3 is 2. The monoisotopic (exact) mass is 381 g/mol. The molecule has 0 spiro atoms. The Morgan fingerprint density at radius 1 is 1.12 bits per heavy atom. The lowest BCUT2D eigenvalue weighted by Gasteiger charge is -2.23. The van der Waals surface area contributed by atoms with Crippen LogP contribution in [0.5, 0.6) is 5.75 Å². The highest BCUT2D eigenvalue weighted by Crippen LogP contribution is 2.27. The third-order valence-electron chi connectivity index (χ3n) is 3.84. The summed E-state index contributed by atoms with van der Waals surface area (Å²) < 4.78 is 50.3. The summed E-state index contributed by atoms with van der Waals surface area (Å²) >= 11 is 0. The quantitative estimate of drug-likeness (QED) is 0.690. The van der Waals surface area contributed by atoms with Gasteiger partial charge in [-0.3, -0.25) is 9.10 Å². The predicted molar refractivity (Wildman–Crippen MR) is 95.3 cm³/mol. The highest BCUT2D eigenvalue weighted by molar-refractivity contribution is 7.92. The summed E-state index contributed by atoms with van der Waals surface area (Å²) in [6.07, 6.45) is 0.785. The van der Waals surface area contributed by atoms with Gasteiger partial charge in [0.1, 0.15) is 6.54 Å². The number of hydrogen-bond acceptors (Lipinski definition) is 5. The first kappa shape index (κ1) is 19.7. The van der Waals surface area contributed by atoms with Gasteiger partial charge in [0, 0.05) is 0 Å². The number of nitrogens with zero attached hydrogens (tertiary/aromatic N) is 1. The summed E-state index contributed by atoms with van der Waals surface area (Å²) in [5.74, 6) is -1.62. The number of hydrogen-bond donors (Lipinski definition) is 0. The van der Waals surface area contributed by atoms with Crippen LogP contribution in [0.3, 0.4) is 0 Å². The van der Waals surface area contributed by atoms with E-state index < -0.39 is 28.4 Å². The third-order valence-corrected chi connectivity index (χ3v) is 5.61. The van der Waals surface area contributed by atoms with Crippen LogP contribution in [0.2, 0.25) is 0 Å². The van der Waals surface area contributed by atoms with Crippen molar-refractivity contribution in [3.05, 3.63) is 53.8 Å². The molecule has 140 valence electrons. The third kappa shape index (κ3) is 4.13. The maximum atomic E-state index is 14.0. The van der Waals surface area contributed by atoms with Crippen molar-refractivity contribution in [3.63, 3.8) is 0 Å². The van der Waals surface area contributed by atoms with Crippen LogP contribution in [0.15, 0.2) is 47.4 Å². The van der Waals surface area contributed by atoms with E-state index in [1.165, 1.54) is 26.4 Å². The van der Waals surface area contributed by atoms with E-state index in [1.807, 2.05) is 6.92 Å². The zero-order valence-electron chi connectivity index (χ0n) is 14.7. The smallest absolute Gasteiger partial charge is 0.326 e. The van der Waals surface area contributed by atoms with Gasteiger partial charge in [0.15, 0.2) is 11.6 Å². The van der Waals surface area contributed by atoms with Gasteiger partial charge in [0.25, 0.3) is 10.0 Å². The summed E-state index contributed by atoms with van der Waals surface area (Å²) in [7, 11) is -1.74. The minimum atomic E-state index is -4.19. The van der Waals surface area contributed by atoms with Gasteiger partial charge in [-0.25, -0.2) is 12.8 Å². The maximum absolute atomic E-state index is 14.0. The van der Waals surface area contributed by atoms with Gasteiger partial charge in [0.05, 0.1) is 24.8 Å². The van der Waals surface area contributed by atoms with Gasteiger partial charge >= 0.3 is 5.97 Å². The van der Waals surface area contributed by atoms with Crippen molar-refractivity contribution >= 4 is 21.7 Å². The molecular weight excluding hydrogens is 361 g/mol. The molecule has 0 aliphatic carbocycles. The summed E-state index contributed by atoms with van der Waals surface area (Å²) in [6, 6.07) is 10.0. The molecular formula is C18H20FNO5S. The van der Waals surface area contributed by atoms with E-state index in [2.05, 4.69) is 4.74 Å². The molecule has 0 N–H and O–H groups in total. The number of esters is 1. The number of benzene rings is 2. The summed E-state index contributed by atoms with van der Waals surface area (Å²) in [6.45, 7) is 1.44. The second-order valence-electron chi connectivity index (χ2n) is 5.40. The van der Waals surface area contributed by atoms with E-state index in [1.54, 1.807) is 24.3 Å². The molecule has 0 atom stereocenters. The van der Waals surface area contributed by atoms with Crippen molar-refractivity contribution in [1.29, 1.82) is 0 Å². The summed E-state index contributed by atoms with van der Waals surface area (Å²) in [5.41, 5.74) is 1.29. The lowest BCUT2D eigenvalue weighted by atomic mass is 10.1. The van der Waals surface area contributed by atoms with Crippen LogP contribution in [0, 0.1) is 5.82 Å². The molecule has 2 aromatic carbocycles. The van der Waals surface area contributed by atoms with Gasteiger partial charge in [-0.1, -0.05) is 19.1 Å². The van der Waals surface area contributed by atoms with Crippen LogP contribution < -0.4 is 9.04 Å². The minimum absolute atomic E-state index is 0.0734. The Bertz CT molecular complexity index is 881. The molecule has 26 heavy (non-hydrogen) atoms.